The number of nitrogens with zero attached hydrogens (tertiary/aromatic N) is 1. The van der Waals surface area contributed by atoms with Gasteiger partial charge < -0.3 is 10.3 Å². The van der Waals surface area contributed by atoms with Gasteiger partial charge in [-0.1, -0.05) is 38.1 Å². The maximum absolute atomic E-state index is 12.2. The van der Waals surface area contributed by atoms with Gasteiger partial charge in [-0.3, -0.25) is 4.79 Å². The molecule has 0 saturated heterocycles. The third kappa shape index (κ3) is 2.96. The standard InChI is InChI=1S/C16H19BrN2O/c1-10(2)13-6-4-12(5-7-13)8-19-9-14(18)11(3)15(17)16(19)20/h4-7,9-10H,8,18H2,1-3H3. The van der Waals surface area contributed by atoms with E-state index in [1.165, 1.54) is 5.56 Å². The van der Waals surface area contributed by atoms with Crippen LogP contribution in [0.25, 0.3) is 0 Å². The average molecular weight is 335 g/mol. The van der Waals surface area contributed by atoms with Gasteiger partial charge in [0.05, 0.1) is 16.7 Å². The van der Waals surface area contributed by atoms with Crippen molar-refractivity contribution < 1.29 is 0 Å². The summed E-state index contributed by atoms with van der Waals surface area (Å²) >= 11 is 3.31. The molecule has 1 heterocycles. The molecule has 2 aromatic rings. The van der Waals surface area contributed by atoms with Crippen molar-refractivity contribution in [2.45, 2.75) is 33.2 Å². The first-order chi connectivity index (χ1) is 9.40. The average Bonchev–Trinajstić information content (AvgIpc) is 2.43. The van der Waals surface area contributed by atoms with E-state index in [0.717, 1.165) is 11.1 Å². The molecule has 0 aliphatic rings. The Morgan fingerprint density at radius 2 is 1.85 bits per heavy atom. The summed E-state index contributed by atoms with van der Waals surface area (Å²) in [7, 11) is 0. The summed E-state index contributed by atoms with van der Waals surface area (Å²) in [5.74, 6) is 0.510. The minimum atomic E-state index is -0.0513. The van der Waals surface area contributed by atoms with Gasteiger partial charge in [0.1, 0.15) is 0 Å². The predicted octanol–water partition coefficient (Wildman–Crippen LogP) is 3.67. The fourth-order valence-corrected chi connectivity index (χ4v) is 2.52. The van der Waals surface area contributed by atoms with Gasteiger partial charge in [0.2, 0.25) is 0 Å². The first-order valence-electron chi connectivity index (χ1n) is 6.64. The minimum Gasteiger partial charge on any atom is -0.397 e. The molecule has 0 bridgehead atoms. The van der Waals surface area contributed by atoms with Crippen LogP contribution in [0, 0.1) is 6.92 Å². The number of anilines is 1. The fraction of sp³-hybridized carbons (Fsp3) is 0.312. The van der Waals surface area contributed by atoms with Crippen LogP contribution in [-0.4, -0.2) is 4.57 Å². The van der Waals surface area contributed by atoms with Crippen molar-refractivity contribution in [3.8, 4) is 0 Å². The Morgan fingerprint density at radius 3 is 2.40 bits per heavy atom. The quantitative estimate of drug-likeness (QED) is 0.930. The number of aromatic nitrogens is 1. The molecule has 1 aromatic carbocycles. The van der Waals surface area contributed by atoms with Gasteiger partial charge >= 0.3 is 0 Å². The molecule has 0 atom stereocenters. The Balaban J connectivity index is 2.33. The van der Waals surface area contributed by atoms with E-state index in [1.54, 1.807) is 10.8 Å². The lowest BCUT2D eigenvalue weighted by molar-refractivity contribution is 0.753. The largest absolute Gasteiger partial charge is 0.397 e. The van der Waals surface area contributed by atoms with E-state index < -0.39 is 0 Å². The van der Waals surface area contributed by atoms with E-state index in [0.29, 0.717) is 22.6 Å². The highest BCUT2D eigenvalue weighted by Gasteiger charge is 2.09. The Bertz CT molecular complexity index is 672. The van der Waals surface area contributed by atoms with Crippen LogP contribution in [0.2, 0.25) is 0 Å². The number of rotatable bonds is 3. The number of hydrogen-bond acceptors (Lipinski definition) is 2. The lowest BCUT2D eigenvalue weighted by Gasteiger charge is -2.11. The molecule has 3 nitrogen and oxygen atoms in total. The molecule has 1 aromatic heterocycles. The lowest BCUT2D eigenvalue weighted by Crippen LogP contribution is -2.22. The van der Waals surface area contributed by atoms with Crippen LogP contribution in [0.3, 0.4) is 0 Å². The van der Waals surface area contributed by atoms with Crippen molar-refractivity contribution in [2.75, 3.05) is 5.73 Å². The van der Waals surface area contributed by atoms with E-state index in [-0.39, 0.29) is 5.56 Å². The van der Waals surface area contributed by atoms with E-state index in [9.17, 15) is 4.79 Å². The first kappa shape index (κ1) is 14.9. The van der Waals surface area contributed by atoms with Crippen LogP contribution < -0.4 is 11.3 Å². The van der Waals surface area contributed by atoms with Crippen molar-refractivity contribution >= 4 is 21.6 Å². The Labute approximate surface area is 127 Å². The number of pyridine rings is 1. The molecule has 0 spiro atoms. The molecule has 0 radical (unpaired) electrons. The highest BCUT2D eigenvalue weighted by Crippen LogP contribution is 2.18. The molecule has 0 amide bonds. The summed E-state index contributed by atoms with van der Waals surface area (Å²) in [6.45, 7) is 6.69. The van der Waals surface area contributed by atoms with Gasteiger partial charge in [-0.15, -0.1) is 0 Å². The summed E-state index contributed by atoms with van der Waals surface area (Å²) in [6, 6.07) is 8.34. The van der Waals surface area contributed by atoms with Gasteiger partial charge in [0, 0.05) is 6.20 Å². The molecule has 2 rings (SSSR count). The van der Waals surface area contributed by atoms with E-state index in [4.69, 9.17) is 5.73 Å². The fourth-order valence-electron chi connectivity index (χ4n) is 2.06. The summed E-state index contributed by atoms with van der Waals surface area (Å²) in [5, 5.41) is 0. The monoisotopic (exact) mass is 334 g/mol. The van der Waals surface area contributed by atoms with E-state index in [2.05, 4.69) is 54.0 Å². The maximum Gasteiger partial charge on any atom is 0.265 e. The van der Waals surface area contributed by atoms with Crippen LogP contribution >= 0.6 is 15.9 Å². The highest BCUT2D eigenvalue weighted by atomic mass is 79.9. The molecule has 4 heteroatoms. The predicted molar refractivity (Wildman–Crippen MR) is 87.2 cm³/mol. The number of halogens is 1. The molecule has 0 fully saturated rings. The van der Waals surface area contributed by atoms with Gasteiger partial charge in [-0.05, 0) is 45.5 Å². The van der Waals surface area contributed by atoms with E-state index in [1.807, 2.05) is 6.92 Å². The van der Waals surface area contributed by atoms with Crippen LogP contribution in [-0.2, 0) is 6.54 Å². The zero-order chi connectivity index (χ0) is 14.9. The number of nitrogens with two attached hydrogens (primary N) is 1. The Kier molecular flexibility index (Phi) is 4.33. The molecule has 0 aliphatic heterocycles. The van der Waals surface area contributed by atoms with Gasteiger partial charge in [0.15, 0.2) is 0 Å². The topological polar surface area (TPSA) is 48.0 Å². The molecular weight excluding hydrogens is 316 g/mol. The van der Waals surface area contributed by atoms with Crippen molar-refractivity contribution in [3.05, 3.63) is 62.0 Å². The van der Waals surface area contributed by atoms with E-state index >= 15 is 0 Å². The zero-order valence-electron chi connectivity index (χ0n) is 12.0. The van der Waals surface area contributed by atoms with Crippen LogP contribution in [0.5, 0.6) is 0 Å². The van der Waals surface area contributed by atoms with Crippen molar-refractivity contribution in [3.63, 3.8) is 0 Å². The van der Waals surface area contributed by atoms with Gasteiger partial charge in [-0.2, -0.15) is 0 Å². The van der Waals surface area contributed by atoms with Crippen LogP contribution in [0.4, 0.5) is 5.69 Å². The number of nitrogen functional groups attached to an aromatic ring is 1. The third-order valence-electron chi connectivity index (χ3n) is 3.51. The smallest absolute Gasteiger partial charge is 0.265 e. The molecule has 106 valence electrons. The van der Waals surface area contributed by atoms with Gasteiger partial charge in [0.25, 0.3) is 5.56 Å². The second kappa shape index (κ2) is 5.83. The van der Waals surface area contributed by atoms with Crippen molar-refractivity contribution in [1.82, 2.24) is 4.57 Å². The van der Waals surface area contributed by atoms with Crippen LogP contribution in [0.1, 0.15) is 36.5 Å². The third-order valence-corrected chi connectivity index (χ3v) is 4.44. The molecule has 20 heavy (non-hydrogen) atoms. The summed E-state index contributed by atoms with van der Waals surface area (Å²) in [5.41, 5.74) is 9.67. The maximum atomic E-state index is 12.2. The lowest BCUT2D eigenvalue weighted by atomic mass is 10.0. The molecular formula is C16H19BrN2O. The summed E-state index contributed by atoms with van der Waals surface area (Å²) in [4.78, 5) is 12.2. The second-order valence-corrected chi connectivity index (χ2v) is 6.15. The zero-order valence-corrected chi connectivity index (χ0v) is 13.6. The van der Waals surface area contributed by atoms with Crippen LogP contribution in [0.15, 0.2) is 39.7 Å². The number of hydrogen-bond donors (Lipinski definition) is 1. The Hall–Kier alpha value is -1.55. The summed E-state index contributed by atoms with van der Waals surface area (Å²) < 4.78 is 2.17. The van der Waals surface area contributed by atoms with Crippen molar-refractivity contribution in [2.24, 2.45) is 0 Å². The molecule has 0 saturated carbocycles. The molecule has 0 aliphatic carbocycles. The minimum absolute atomic E-state index is 0.0513. The normalized spacial score (nSPS) is 11.1. The SMILES string of the molecule is Cc1c(N)cn(Cc2ccc(C(C)C)cc2)c(=O)c1Br. The van der Waals surface area contributed by atoms with Crippen molar-refractivity contribution in [1.29, 1.82) is 0 Å². The highest BCUT2D eigenvalue weighted by molar-refractivity contribution is 9.10. The molecule has 2 N–H and O–H groups in total. The number of benzene rings is 1. The first-order valence-corrected chi connectivity index (χ1v) is 7.43. The van der Waals surface area contributed by atoms with Gasteiger partial charge in [-0.25, -0.2) is 0 Å². The Morgan fingerprint density at radius 1 is 1.25 bits per heavy atom. The second-order valence-electron chi connectivity index (χ2n) is 5.35. The molecule has 0 unspecified atom stereocenters. The summed E-state index contributed by atoms with van der Waals surface area (Å²) in [6.07, 6.45) is 1.71.